The minimum atomic E-state index is -4.35. The van der Waals surface area contributed by atoms with Gasteiger partial charge in [-0.2, -0.15) is 18.3 Å². The van der Waals surface area contributed by atoms with Gasteiger partial charge in [0.2, 0.25) is 0 Å². The summed E-state index contributed by atoms with van der Waals surface area (Å²) in [6.07, 6.45) is 1.55. The van der Waals surface area contributed by atoms with Gasteiger partial charge in [-0.05, 0) is 31.0 Å². The minimum absolute atomic E-state index is 0.139. The molecule has 8 heteroatoms. The number of pyridine rings is 1. The van der Waals surface area contributed by atoms with Crippen LogP contribution < -0.4 is 5.32 Å². The SMILES string of the molecule is Cc1ccc2nc(CNCC(C)Cn3cc(C(F)(F)F)cn3)cn2c1. The monoisotopic (exact) mass is 351 g/mol. The molecule has 1 atom stereocenters. The summed E-state index contributed by atoms with van der Waals surface area (Å²) < 4.78 is 41.0. The lowest BCUT2D eigenvalue weighted by atomic mass is 10.2. The van der Waals surface area contributed by atoms with Gasteiger partial charge in [-0.3, -0.25) is 4.68 Å². The van der Waals surface area contributed by atoms with E-state index in [-0.39, 0.29) is 5.92 Å². The second-order valence-corrected chi connectivity index (χ2v) is 6.39. The van der Waals surface area contributed by atoms with Crippen LogP contribution in [0.15, 0.2) is 36.9 Å². The third-order valence-corrected chi connectivity index (χ3v) is 3.91. The van der Waals surface area contributed by atoms with Crippen molar-refractivity contribution in [3.8, 4) is 0 Å². The molecule has 25 heavy (non-hydrogen) atoms. The number of nitrogens with one attached hydrogen (secondary N) is 1. The van der Waals surface area contributed by atoms with Gasteiger partial charge < -0.3 is 9.72 Å². The van der Waals surface area contributed by atoms with Crippen molar-refractivity contribution in [3.05, 3.63) is 53.7 Å². The van der Waals surface area contributed by atoms with E-state index < -0.39 is 11.7 Å². The lowest BCUT2D eigenvalue weighted by Gasteiger charge is -2.12. The van der Waals surface area contributed by atoms with Gasteiger partial charge in [0.15, 0.2) is 0 Å². The van der Waals surface area contributed by atoms with Crippen LogP contribution >= 0.6 is 0 Å². The Hall–Kier alpha value is -2.35. The molecule has 3 aromatic heterocycles. The van der Waals surface area contributed by atoms with E-state index in [1.165, 1.54) is 4.68 Å². The zero-order valence-electron chi connectivity index (χ0n) is 14.1. The van der Waals surface area contributed by atoms with Crippen molar-refractivity contribution < 1.29 is 13.2 Å². The Morgan fingerprint density at radius 2 is 2.00 bits per heavy atom. The van der Waals surface area contributed by atoms with Crippen molar-refractivity contribution in [1.82, 2.24) is 24.5 Å². The summed E-state index contributed by atoms with van der Waals surface area (Å²) in [5.41, 5.74) is 2.27. The lowest BCUT2D eigenvalue weighted by molar-refractivity contribution is -0.137. The number of aromatic nitrogens is 4. The van der Waals surface area contributed by atoms with Crippen molar-refractivity contribution in [2.24, 2.45) is 5.92 Å². The highest BCUT2D eigenvalue weighted by molar-refractivity contribution is 5.41. The fourth-order valence-electron chi connectivity index (χ4n) is 2.68. The molecule has 0 bridgehead atoms. The fourth-order valence-corrected chi connectivity index (χ4v) is 2.68. The first kappa shape index (κ1) is 17.5. The Morgan fingerprint density at radius 3 is 2.72 bits per heavy atom. The number of hydrogen-bond acceptors (Lipinski definition) is 3. The molecule has 0 saturated heterocycles. The fraction of sp³-hybridized carbons (Fsp3) is 0.412. The number of fused-ring (bicyclic) bond motifs is 1. The van der Waals surface area contributed by atoms with Gasteiger partial charge in [0.1, 0.15) is 5.65 Å². The van der Waals surface area contributed by atoms with Gasteiger partial charge in [-0.15, -0.1) is 0 Å². The van der Waals surface area contributed by atoms with Crippen LogP contribution in [-0.4, -0.2) is 25.7 Å². The molecule has 0 aliphatic carbocycles. The Bertz CT molecular complexity index is 849. The molecule has 0 fully saturated rings. The first-order valence-electron chi connectivity index (χ1n) is 8.06. The van der Waals surface area contributed by atoms with Crippen molar-refractivity contribution in [2.45, 2.75) is 33.1 Å². The summed E-state index contributed by atoms with van der Waals surface area (Å²) in [6, 6.07) is 3.98. The van der Waals surface area contributed by atoms with E-state index in [2.05, 4.69) is 15.4 Å². The lowest BCUT2D eigenvalue weighted by Crippen LogP contribution is -2.24. The van der Waals surface area contributed by atoms with Gasteiger partial charge in [0.25, 0.3) is 0 Å². The van der Waals surface area contributed by atoms with Crippen LogP contribution in [0, 0.1) is 12.8 Å². The number of alkyl halides is 3. The van der Waals surface area contributed by atoms with E-state index >= 15 is 0 Å². The van der Waals surface area contributed by atoms with Crippen molar-refractivity contribution in [3.63, 3.8) is 0 Å². The Labute approximate surface area is 143 Å². The second-order valence-electron chi connectivity index (χ2n) is 6.39. The molecule has 5 nitrogen and oxygen atoms in total. The standard InChI is InChI=1S/C17H20F3N5/c1-12-3-4-16-23-15(11-24(16)8-12)7-21-5-13(2)9-25-10-14(6-22-25)17(18,19)20/h3-4,6,8,10-11,13,21H,5,7,9H2,1-2H3. The van der Waals surface area contributed by atoms with Crippen molar-refractivity contribution in [2.75, 3.05) is 6.54 Å². The van der Waals surface area contributed by atoms with Crippen LogP contribution in [0.4, 0.5) is 13.2 Å². The minimum Gasteiger partial charge on any atom is -0.311 e. The van der Waals surface area contributed by atoms with E-state index in [0.717, 1.165) is 29.3 Å². The molecule has 0 saturated carbocycles. The van der Waals surface area contributed by atoms with E-state index in [4.69, 9.17) is 0 Å². The largest absolute Gasteiger partial charge is 0.419 e. The summed E-state index contributed by atoms with van der Waals surface area (Å²) in [5.74, 6) is 0.139. The van der Waals surface area contributed by atoms with Crippen LogP contribution in [-0.2, 0) is 19.3 Å². The van der Waals surface area contributed by atoms with Gasteiger partial charge in [0.05, 0.1) is 17.5 Å². The molecule has 0 aliphatic rings. The van der Waals surface area contributed by atoms with E-state index in [1.54, 1.807) is 0 Å². The summed E-state index contributed by atoms with van der Waals surface area (Å²) in [6.45, 7) is 5.69. The van der Waals surface area contributed by atoms with E-state index in [0.29, 0.717) is 19.6 Å². The average molecular weight is 351 g/mol. The van der Waals surface area contributed by atoms with Crippen LogP contribution in [0.25, 0.3) is 5.65 Å². The predicted molar refractivity (Wildman–Crippen MR) is 88.0 cm³/mol. The number of aryl methyl sites for hydroxylation is 1. The molecule has 0 radical (unpaired) electrons. The molecule has 1 N–H and O–H groups in total. The van der Waals surface area contributed by atoms with Gasteiger partial charge in [0, 0.05) is 31.7 Å². The van der Waals surface area contributed by atoms with E-state index in [1.807, 2.05) is 42.8 Å². The molecule has 1 unspecified atom stereocenters. The van der Waals surface area contributed by atoms with Gasteiger partial charge in [-0.1, -0.05) is 13.0 Å². The summed E-state index contributed by atoms with van der Waals surface area (Å²) in [4.78, 5) is 4.52. The van der Waals surface area contributed by atoms with E-state index in [9.17, 15) is 13.2 Å². The zero-order chi connectivity index (χ0) is 18.0. The highest BCUT2D eigenvalue weighted by Crippen LogP contribution is 2.28. The van der Waals surface area contributed by atoms with Crippen molar-refractivity contribution >= 4 is 5.65 Å². The number of halogens is 3. The molecule has 0 spiro atoms. The maximum absolute atomic E-state index is 12.6. The molecule has 3 heterocycles. The normalized spacial score (nSPS) is 13.5. The molecule has 134 valence electrons. The molecule has 3 aromatic rings. The van der Waals surface area contributed by atoms with Gasteiger partial charge >= 0.3 is 6.18 Å². The first-order valence-corrected chi connectivity index (χ1v) is 8.06. The number of hydrogen-bond donors (Lipinski definition) is 1. The summed E-state index contributed by atoms with van der Waals surface area (Å²) >= 11 is 0. The smallest absolute Gasteiger partial charge is 0.311 e. The molecule has 0 aliphatic heterocycles. The van der Waals surface area contributed by atoms with Crippen LogP contribution in [0.2, 0.25) is 0 Å². The molecular weight excluding hydrogens is 331 g/mol. The Morgan fingerprint density at radius 1 is 1.20 bits per heavy atom. The molecular formula is C17H20F3N5. The van der Waals surface area contributed by atoms with Crippen LogP contribution in [0.5, 0.6) is 0 Å². The number of imidazole rings is 1. The Kier molecular flexibility index (Phi) is 4.80. The topological polar surface area (TPSA) is 47.2 Å². The first-order chi connectivity index (χ1) is 11.8. The second kappa shape index (κ2) is 6.87. The van der Waals surface area contributed by atoms with Gasteiger partial charge in [-0.25, -0.2) is 4.98 Å². The highest BCUT2D eigenvalue weighted by Gasteiger charge is 2.32. The quantitative estimate of drug-likeness (QED) is 0.741. The maximum atomic E-state index is 12.6. The maximum Gasteiger partial charge on any atom is 0.419 e. The molecule has 0 amide bonds. The van der Waals surface area contributed by atoms with Crippen molar-refractivity contribution in [1.29, 1.82) is 0 Å². The number of nitrogens with zero attached hydrogens (tertiary/aromatic N) is 4. The Balaban J connectivity index is 1.50. The average Bonchev–Trinajstić information content (AvgIpc) is 3.12. The zero-order valence-corrected chi connectivity index (χ0v) is 14.1. The summed E-state index contributed by atoms with van der Waals surface area (Å²) in [7, 11) is 0. The molecule has 3 rings (SSSR count). The third-order valence-electron chi connectivity index (χ3n) is 3.91. The van der Waals surface area contributed by atoms with Crippen LogP contribution in [0.3, 0.4) is 0 Å². The predicted octanol–water partition coefficient (Wildman–Crippen LogP) is 3.28. The third kappa shape index (κ3) is 4.39. The number of rotatable bonds is 6. The molecule has 0 aromatic carbocycles. The van der Waals surface area contributed by atoms with Crippen LogP contribution in [0.1, 0.15) is 23.7 Å². The summed E-state index contributed by atoms with van der Waals surface area (Å²) in [5, 5.41) is 7.07. The highest BCUT2D eigenvalue weighted by atomic mass is 19.4.